The molecule has 28 heavy (non-hydrogen) atoms. The molecule has 0 amide bonds. The van der Waals surface area contributed by atoms with E-state index in [0.717, 1.165) is 43.7 Å². The van der Waals surface area contributed by atoms with Gasteiger partial charge in [0.2, 0.25) is 0 Å². The van der Waals surface area contributed by atoms with Crippen LogP contribution in [0.25, 0.3) is 0 Å². The van der Waals surface area contributed by atoms with Crippen LogP contribution in [0.3, 0.4) is 0 Å². The molecule has 0 spiro atoms. The number of hydrogen-bond donors (Lipinski definition) is 2. The summed E-state index contributed by atoms with van der Waals surface area (Å²) in [6.45, 7) is 23.5. The minimum absolute atomic E-state index is 0. The summed E-state index contributed by atoms with van der Waals surface area (Å²) in [6, 6.07) is 4.79. The normalized spacial score (nSPS) is 16.7. The van der Waals surface area contributed by atoms with E-state index in [1.165, 1.54) is 11.1 Å². The lowest BCUT2D eigenvalue weighted by atomic mass is 9.77. The van der Waals surface area contributed by atoms with Crippen LogP contribution in [-0.4, -0.2) is 36.2 Å². The van der Waals surface area contributed by atoms with E-state index in [9.17, 15) is 5.11 Å². The molecule has 1 aliphatic heterocycles. The molecule has 0 saturated carbocycles. The topological polar surface area (TPSA) is 35.5 Å². The molecular weight excluding hydrogens is 391 g/mol. The molecule has 2 rings (SSSR count). The van der Waals surface area contributed by atoms with Crippen molar-refractivity contribution in [2.75, 3.05) is 26.2 Å². The van der Waals surface area contributed by atoms with Crippen LogP contribution in [0.4, 0.5) is 0 Å². The maximum absolute atomic E-state index is 11.0. The lowest BCUT2D eigenvalue weighted by Crippen LogP contribution is -2.45. The Hall–Kier alpha value is -0.740. The molecule has 162 valence electrons. The number of nitrogens with zero attached hydrogens (tertiary/aromatic N) is 1. The molecular formula is C23H40Cl2N2O. The molecule has 2 N–H and O–H groups in total. The van der Waals surface area contributed by atoms with E-state index in [0.29, 0.717) is 11.8 Å². The van der Waals surface area contributed by atoms with E-state index in [1.54, 1.807) is 0 Å². The molecule has 0 aliphatic carbocycles. The number of benzene rings is 1. The van der Waals surface area contributed by atoms with Crippen molar-refractivity contribution in [1.82, 2.24) is 10.2 Å². The third kappa shape index (κ3) is 6.66. The summed E-state index contributed by atoms with van der Waals surface area (Å²) in [7, 11) is 0. The van der Waals surface area contributed by atoms with Crippen LogP contribution in [0.2, 0.25) is 0 Å². The van der Waals surface area contributed by atoms with E-state index < -0.39 is 0 Å². The Morgan fingerprint density at radius 1 is 1.04 bits per heavy atom. The third-order valence-electron chi connectivity index (χ3n) is 5.27. The molecule has 1 aliphatic rings. The number of phenolic OH excluding ortho intramolecular Hbond substituents is 1. The van der Waals surface area contributed by atoms with Gasteiger partial charge in [-0.15, -0.1) is 31.4 Å². The Balaban J connectivity index is 0.00000364. The average molecular weight is 431 g/mol. The molecule has 1 aromatic rings. The molecule has 1 heterocycles. The highest BCUT2D eigenvalue weighted by Gasteiger charge is 2.30. The van der Waals surface area contributed by atoms with Gasteiger partial charge < -0.3 is 10.4 Å². The lowest BCUT2D eigenvalue weighted by molar-refractivity contribution is 0.172. The minimum Gasteiger partial charge on any atom is -0.507 e. The zero-order valence-corrected chi connectivity index (χ0v) is 20.3. The van der Waals surface area contributed by atoms with Crippen LogP contribution >= 0.6 is 24.8 Å². The van der Waals surface area contributed by atoms with Gasteiger partial charge in [0, 0.05) is 32.2 Å². The average Bonchev–Trinajstić information content (AvgIpc) is 2.51. The van der Waals surface area contributed by atoms with Crippen LogP contribution < -0.4 is 5.32 Å². The number of aromatic hydroxyl groups is 1. The summed E-state index contributed by atoms with van der Waals surface area (Å²) < 4.78 is 0. The van der Waals surface area contributed by atoms with Crippen LogP contribution in [0.1, 0.15) is 77.6 Å². The number of piperazine rings is 1. The molecule has 3 nitrogen and oxygen atoms in total. The summed E-state index contributed by atoms with van der Waals surface area (Å²) in [4.78, 5) is 2.57. The van der Waals surface area contributed by atoms with E-state index in [4.69, 9.17) is 0 Å². The summed E-state index contributed by atoms with van der Waals surface area (Å²) in [6.07, 6.45) is 0.956. The number of nitrogens with one attached hydrogen (secondary N) is 1. The van der Waals surface area contributed by atoms with E-state index in [-0.39, 0.29) is 35.6 Å². The fourth-order valence-corrected chi connectivity index (χ4v) is 3.77. The first kappa shape index (κ1) is 27.3. The molecule has 1 fully saturated rings. The molecule has 0 aromatic heterocycles. The molecule has 5 heteroatoms. The molecule has 1 aromatic carbocycles. The Morgan fingerprint density at radius 3 is 1.82 bits per heavy atom. The Labute approximate surface area is 184 Å². The summed E-state index contributed by atoms with van der Waals surface area (Å²) in [5.41, 5.74) is 4.40. The molecule has 1 atom stereocenters. The van der Waals surface area contributed by atoms with Gasteiger partial charge in [0.25, 0.3) is 0 Å². The van der Waals surface area contributed by atoms with Gasteiger partial charge in [0.15, 0.2) is 0 Å². The van der Waals surface area contributed by atoms with Gasteiger partial charge in [-0.2, -0.15) is 0 Å². The minimum atomic E-state index is -0.0999. The predicted octanol–water partition coefficient (Wildman–Crippen LogP) is 5.74. The molecule has 0 radical (unpaired) electrons. The van der Waals surface area contributed by atoms with Gasteiger partial charge in [0.05, 0.1) is 0 Å². The zero-order chi connectivity index (χ0) is 19.7. The SMILES string of the molecule is C=C(C)C[C@H](c1cc(C(C)(C)C)c(O)c(C(C)(C)C)c1)N1CCNCC1.Cl.Cl. The second-order valence-corrected chi connectivity index (χ2v) is 9.93. The first-order valence-corrected chi connectivity index (χ1v) is 9.88. The lowest BCUT2D eigenvalue weighted by Gasteiger charge is -2.37. The zero-order valence-electron chi connectivity index (χ0n) is 18.7. The number of phenols is 1. The Kier molecular flexibility index (Phi) is 10.1. The maximum Gasteiger partial charge on any atom is 0.123 e. The van der Waals surface area contributed by atoms with Gasteiger partial charge in [-0.25, -0.2) is 0 Å². The quantitative estimate of drug-likeness (QED) is 0.597. The monoisotopic (exact) mass is 430 g/mol. The third-order valence-corrected chi connectivity index (χ3v) is 5.27. The standard InChI is InChI=1S/C23H38N2O.2ClH/c1-16(2)13-20(25-11-9-24-10-12-25)17-14-18(22(3,4)5)21(26)19(15-17)23(6,7)8;;/h14-15,20,24,26H,1,9-13H2,2-8H3;2*1H/t20-;;/m1../s1. The van der Waals surface area contributed by atoms with E-state index >= 15 is 0 Å². The van der Waals surface area contributed by atoms with Crippen molar-refractivity contribution >= 4 is 24.8 Å². The van der Waals surface area contributed by atoms with Crippen LogP contribution in [0.5, 0.6) is 5.75 Å². The largest absolute Gasteiger partial charge is 0.507 e. The van der Waals surface area contributed by atoms with E-state index in [2.05, 4.69) is 77.4 Å². The second-order valence-electron chi connectivity index (χ2n) is 9.93. The van der Waals surface area contributed by atoms with Crippen molar-refractivity contribution in [3.05, 3.63) is 41.0 Å². The summed E-state index contributed by atoms with van der Waals surface area (Å²) >= 11 is 0. The second kappa shape index (κ2) is 10.3. The van der Waals surface area contributed by atoms with Crippen molar-refractivity contribution < 1.29 is 5.11 Å². The summed E-state index contributed by atoms with van der Waals surface area (Å²) in [5, 5.41) is 14.5. The fourth-order valence-electron chi connectivity index (χ4n) is 3.77. The van der Waals surface area contributed by atoms with Crippen molar-refractivity contribution in [1.29, 1.82) is 0 Å². The number of hydrogen-bond acceptors (Lipinski definition) is 3. The van der Waals surface area contributed by atoms with Gasteiger partial charge >= 0.3 is 0 Å². The first-order chi connectivity index (χ1) is 11.9. The Bertz CT molecular complexity index is 619. The van der Waals surface area contributed by atoms with Gasteiger partial charge in [-0.3, -0.25) is 4.90 Å². The Morgan fingerprint density at radius 2 is 1.46 bits per heavy atom. The van der Waals surface area contributed by atoms with Gasteiger partial charge in [0.1, 0.15) is 5.75 Å². The highest BCUT2D eigenvalue weighted by molar-refractivity contribution is 5.85. The highest BCUT2D eigenvalue weighted by Crippen LogP contribution is 2.42. The maximum atomic E-state index is 11.0. The number of halogens is 2. The van der Waals surface area contributed by atoms with Crippen molar-refractivity contribution in [2.45, 2.75) is 71.8 Å². The van der Waals surface area contributed by atoms with Crippen LogP contribution in [-0.2, 0) is 10.8 Å². The fraction of sp³-hybridized carbons (Fsp3) is 0.652. The molecule has 1 saturated heterocycles. The van der Waals surface area contributed by atoms with Gasteiger partial charge in [-0.1, -0.05) is 47.1 Å². The molecule has 0 unspecified atom stereocenters. The first-order valence-electron chi connectivity index (χ1n) is 9.88. The van der Waals surface area contributed by atoms with Crippen molar-refractivity contribution in [2.24, 2.45) is 0 Å². The predicted molar refractivity (Wildman–Crippen MR) is 127 cm³/mol. The smallest absolute Gasteiger partial charge is 0.123 e. The van der Waals surface area contributed by atoms with Crippen LogP contribution in [0, 0.1) is 0 Å². The van der Waals surface area contributed by atoms with Crippen molar-refractivity contribution in [3.63, 3.8) is 0 Å². The van der Waals surface area contributed by atoms with Gasteiger partial charge in [-0.05, 0) is 53.0 Å². The number of rotatable bonds is 4. The summed E-state index contributed by atoms with van der Waals surface area (Å²) in [5.74, 6) is 0.461. The van der Waals surface area contributed by atoms with E-state index in [1.807, 2.05) is 0 Å². The van der Waals surface area contributed by atoms with Crippen molar-refractivity contribution in [3.8, 4) is 5.75 Å². The highest BCUT2D eigenvalue weighted by atomic mass is 35.5. The molecule has 0 bridgehead atoms. The van der Waals surface area contributed by atoms with Crippen LogP contribution in [0.15, 0.2) is 24.3 Å².